The van der Waals surface area contributed by atoms with Crippen molar-refractivity contribution < 1.29 is 19.4 Å². The topological polar surface area (TPSA) is 78.9 Å². The fourth-order valence-electron chi connectivity index (χ4n) is 3.06. The van der Waals surface area contributed by atoms with Gasteiger partial charge in [-0.1, -0.05) is 13.3 Å². The van der Waals surface area contributed by atoms with E-state index in [1.54, 1.807) is 0 Å². The number of carbonyl (C=O) groups is 2. The lowest BCUT2D eigenvalue weighted by molar-refractivity contribution is -0.161. The molecule has 0 spiro atoms. The van der Waals surface area contributed by atoms with Crippen LogP contribution >= 0.6 is 0 Å². The molecule has 2 unspecified atom stereocenters. The van der Waals surface area contributed by atoms with Crippen LogP contribution in [-0.4, -0.2) is 59.8 Å². The molecule has 2 heterocycles. The Balaban J connectivity index is 2.17. The van der Waals surface area contributed by atoms with Crippen LogP contribution in [0.2, 0.25) is 0 Å². The van der Waals surface area contributed by atoms with Gasteiger partial charge in [-0.15, -0.1) is 0 Å². The summed E-state index contributed by atoms with van der Waals surface area (Å²) in [6, 6.07) is -0.850. The molecule has 0 radical (unpaired) electrons. The molecule has 0 aromatic rings. The monoisotopic (exact) mass is 270 g/mol. The summed E-state index contributed by atoms with van der Waals surface area (Å²) in [5.41, 5.74) is -0.556. The second-order valence-corrected chi connectivity index (χ2v) is 5.29. The summed E-state index contributed by atoms with van der Waals surface area (Å²) in [6.45, 7) is 3.74. The van der Waals surface area contributed by atoms with Crippen molar-refractivity contribution in [2.75, 3.05) is 26.3 Å². The Morgan fingerprint density at radius 2 is 2.32 bits per heavy atom. The number of morpholine rings is 1. The van der Waals surface area contributed by atoms with Crippen LogP contribution in [0.5, 0.6) is 0 Å². The average molecular weight is 270 g/mol. The van der Waals surface area contributed by atoms with Crippen molar-refractivity contribution in [3.63, 3.8) is 0 Å². The number of carboxylic acids is 1. The molecule has 19 heavy (non-hydrogen) atoms. The predicted molar refractivity (Wildman–Crippen MR) is 68.8 cm³/mol. The Morgan fingerprint density at radius 1 is 1.53 bits per heavy atom. The van der Waals surface area contributed by atoms with Crippen molar-refractivity contribution in [2.24, 2.45) is 0 Å². The van der Waals surface area contributed by atoms with E-state index in [1.165, 1.54) is 4.90 Å². The van der Waals surface area contributed by atoms with Gasteiger partial charge in [-0.25, -0.2) is 4.79 Å². The summed E-state index contributed by atoms with van der Waals surface area (Å²) in [7, 11) is 0. The van der Waals surface area contributed by atoms with Crippen LogP contribution in [0.3, 0.4) is 0 Å². The molecule has 0 saturated carbocycles. The lowest BCUT2D eigenvalue weighted by Crippen LogP contribution is -2.62. The smallest absolute Gasteiger partial charge is 0.328 e. The van der Waals surface area contributed by atoms with Crippen molar-refractivity contribution in [3.05, 3.63) is 0 Å². The minimum atomic E-state index is -0.988. The van der Waals surface area contributed by atoms with E-state index in [4.69, 9.17) is 4.74 Å². The van der Waals surface area contributed by atoms with Crippen LogP contribution in [0.4, 0.5) is 0 Å². The lowest BCUT2D eigenvalue weighted by atomic mass is 9.89. The minimum Gasteiger partial charge on any atom is -0.480 e. The maximum Gasteiger partial charge on any atom is 0.328 e. The van der Waals surface area contributed by atoms with E-state index in [-0.39, 0.29) is 12.5 Å². The molecule has 0 bridgehead atoms. The van der Waals surface area contributed by atoms with E-state index in [2.05, 4.69) is 5.32 Å². The fraction of sp³-hybridized carbons (Fsp3) is 0.846. The van der Waals surface area contributed by atoms with Gasteiger partial charge in [-0.2, -0.15) is 0 Å². The predicted octanol–water partition coefficient (Wildman–Crippen LogP) is 0.221. The molecule has 0 aliphatic carbocycles. The summed E-state index contributed by atoms with van der Waals surface area (Å²) in [5.74, 6) is -1.06. The molecule has 2 atom stereocenters. The third-order valence-corrected chi connectivity index (χ3v) is 4.00. The van der Waals surface area contributed by atoms with E-state index < -0.39 is 17.6 Å². The SMILES string of the molecule is CCCC1(C(=O)N2CCOCC2C(=O)O)CCCN1. The van der Waals surface area contributed by atoms with Crippen molar-refractivity contribution in [2.45, 2.75) is 44.2 Å². The molecule has 0 aromatic heterocycles. The molecule has 108 valence electrons. The second kappa shape index (κ2) is 5.88. The lowest BCUT2D eigenvalue weighted by Gasteiger charge is -2.39. The van der Waals surface area contributed by atoms with Gasteiger partial charge < -0.3 is 20.1 Å². The Labute approximate surface area is 113 Å². The first-order chi connectivity index (χ1) is 9.10. The highest BCUT2D eigenvalue weighted by molar-refractivity contribution is 5.90. The van der Waals surface area contributed by atoms with Gasteiger partial charge in [0.2, 0.25) is 5.91 Å². The third kappa shape index (κ3) is 2.74. The maximum absolute atomic E-state index is 12.8. The fourth-order valence-corrected chi connectivity index (χ4v) is 3.06. The highest BCUT2D eigenvalue weighted by Gasteiger charge is 2.46. The van der Waals surface area contributed by atoms with Crippen molar-refractivity contribution in [1.29, 1.82) is 0 Å². The third-order valence-electron chi connectivity index (χ3n) is 4.00. The number of hydrogen-bond donors (Lipinski definition) is 2. The van der Waals surface area contributed by atoms with E-state index >= 15 is 0 Å². The molecule has 0 aromatic carbocycles. The zero-order valence-corrected chi connectivity index (χ0v) is 11.4. The number of hydrogen-bond acceptors (Lipinski definition) is 4. The van der Waals surface area contributed by atoms with Crippen molar-refractivity contribution in [1.82, 2.24) is 10.2 Å². The number of nitrogens with zero attached hydrogens (tertiary/aromatic N) is 1. The van der Waals surface area contributed by atoms with Gasteiger partial charge in [0.05, 0.1) is 18.8 Å². The standard InChI is InChI=1S/C13H22N2O4/c1-2-4-13(5-3-6-14-13)12(18)15-7-8-19-9-10(15)11(16)17/h10,14H,2-9H2,1H3,(H,16,17). The number of nitrogens with one attached hydrogen (secondary N) is 1. The molecule has 2 aliphatic heterocycles. The van der Waals surface area contributed by atoms with Gasteiger partial charge in [0.15, 0.2) is 6.04 Å². The summed E-state index contributed by atoms with van der Waals surface area (Å²) < 4.78 is 5.18. The van der Waals surface area contributed by atoms with Crippen molar-refractivity contribution in [3.8, 4) is 0 Å². The molecule has 6 heteroatoms. The molecule has 2 fully saturated rings. The minimum absolute atomic E-state index is 0.0671. The Kier molecular flexibility index (Phi) is 4.42. The largest absolute Gasteiger partial charge is 0.480 e. The van der Waals surface area contributed by atoms with E-state index in [0.29, 0.717) is 13.2 Å². The van der Waals surface area contributed by atoms with Crippen LogP contribution in [0, 0.1) is 0 Å². The number of rotatable bonds is 4. The van der Waals surface area contributed by atoms with Crippen LogP contribution in [0.15, 0.2) is 0 Å². The molecular formula is C13H22N2O4. The Hall–Kier alpha value is -1.14. The number of amides is 1. The van der Waals surface area contributed by atoms with Gasteiger partial charge in [0, 0.05) is 6.54 Å². The molecular weight excluding hydrogens is 248 g/mol. The summed E-state index contributed by atoms with van der Waals surface area (Å²) in [6.07, 6.45) is 3.42. The summed E-state index contributed by atoms with van der Waals surface area (Å²) in [5, 5.41) is 12.5. The Morgan fingerprint density at radius 3 is 2.89 bits per heavy atom. The first-order valence-electron chi connectivity index (χ1n) is 6.97. The van der Waals surface area contributed by atoms with Gasteiger partial charge in [0.25, 0.3) is 0 Å². The first kappa shape index (κ1) is 14.3. The normalized spacial score (nSPS) is 31.4. The van der Waals surface area contributed by atoms with Gasteiger partial charge >= 0.3 is 5.97 Å². The molecule has 2 N–H and O–H groups in total. The molecule has 2 aliphatic rings. The summed E-state index contributed by atoms with van der Waals surface area (Å²) in [4.78, 5) is 25.5. The zero-order valence-electron chi connectivity index (χ0n) is 11.4. The van der Waals surface area contributed by atoms with Crippen LogP contribution < -0.4 is 5.32 Å². The molecule has 1 amide bonds. The Bertz CT molecular complexity index is 353. The maximum atomic E-state index is 12.8. The van der Waals surface area contributed by atoms with E-state index in [0.717, 1.165) is 32.2 Å². The van der Waals surface area contributed by atoms with Crippen LogP contribution in [0.1, 0.15) is 32.6 Å². The highest BCUT2D eigenvalue weighted by atomic mass is 16.5. The molecule has 6 nitrogen and oxygen atoms in total. The van der Waals surface area contributed by atoms with Gasteiger partial charge in [-0.3, -0.25) is 4.79 Å². The molecule has 2 saturated heterocycles. The first-order valence-corrected chi connectivity index (χ1v) is 6.97. The van der Waals surface area contributed by atoms with Gasteiger partial charge in [0.1, 0.15) is 0 Å². The quantitative estimate of drug-likeness (QED) is 0.764. The van der Waals surface area contributed by atoms with Crippen molar-refractivity contribution >= 4 is 11.9 Å². The number of ether oxygens (including phenoxy) is 1. The summed E-state index contributed by atoms with van der Waals surface area (Å²) >= 11 is 0. The number of aliphatic carboxylic acids is 1. The van der Waals surface area contributed by atoms with E-state index in [9.17, 15) is 14.7 Å². The second-order valence-electron chi connectivity index (χ2n) is 5.29. The van der Waals surface area contributed by atoms with Crippen LogP contribution in [-0.2, 0) is 14.3 Å². The number of carbonyl (C=O) groups excluding carboxylic acids is 1. The zero-order chi connectivity index (χ0) is 13.9. The number of carboxylic acid groups (broad SMARTS) is 1. The highest BCUT2D eigenvalue weighted by Crippen LogP contribution is 2.28. The average Bonchev–Trinajstić information content (AvgIpc) is 2.88. The van der Waals surface area contributed by atoms with Crippen LogP contribution in [0.25, 0.3) is 0 Å². The van der Waals surface area contributed by atoms with Gasteiger partial charge in [-0.05, 0) is 25.8 Å². The van der Waals surface area contributed by atoms with E-state index in [1.807, 2.05) is 6.92 Å². The molecule has 2 rings (SSSR count).